The summed E-state index contributed by atoms with van der Waals surface area (Å²) in [4.78, 5) is 4.81. The first-order chi connectivity index (χ1) is 40.9. The molecule has 0 saturated carbocycles. The van der Waals surface area contributed by atoms with E-state index >= 15 is 0 Å². The van der Waals surface area contributed by atoms with Crippen LogP contribution in [0.4, 0.5) is 34.1 Å². The van der Waals surface area contributed by atoms with Gasteiger partial charge in [0.2, 0.25) is 0 Å². The monoisotopic (exact) mass is 1080 g/mol. The van der Waals surface area contributed by atoms with Crippen LogP contribution in [0.5, 0.6) is 0 Å². The Hall–Kier alpha value is -10.3. The highest BCUT2D eigenvalue weighted by Gasteiger charge is 2.26. The van der Waals surface area contributed by atoms with Gasteiger partial charge in [0.15, 0.2) is 0 Å². The predicted molar refractivity (Wildman–Crippen MR) is 354 cm³/mol. The Labute approximate surface area is 487 Å². The molecule has 404 valence electrons. The van der Waals surface area contributed by atoms with Crippen LogP contribution in [0.2, 0.25) is 0 Å². The summed E-state index contributed by atoms with van der Waals surface area (Å²) in [5.41, 5.74) is 19.3. The largest absolute Gasteiger partial charge is 0.456 e. The van der Waals surface area contributed by atoms with Gasteiger partial charge in [0.25, 0.3) is 0 Å². The first-order valence-corrected chi connectivity index (χ1v) is 29.1. The van der Waals surface area contributed by atoms with Crippen molar-refractivity contribution in [2.75, 3.05) is 9.80 Å². The van der Waals surface area contributed by atoms with Crippen molar-refractivity contribution >= 4 is 132 Å². The van der Waals surface area contributed by atoms with E-state index in [1.165, 1.54) is 43.7 Å². The van der Waals surface area contributed by atoms with E-state index in [0.29, 0.717) is 0 Å². The standard InChI is InChI=1S/C78H60N4O2/c1-77(2,3)51-34-36-55(37-35-51)81-65-28-15-13-26-59(65)75-67(30-18-32-69(75)81)79(53-21-9-7-10-22-53)57-38-40-71-63(47-57)61-42-49-43-62-64-48-58(39-41-72(64)84-74(62)45-50(49)44-73(61)83-71)80(54-23-11-8-12-24-54)68-31-19-33-70-76(68)60-27-14-16-29-66(60)82(70)56-25-17-20-52(46-56)78(4,5)6/h7-48H,1-6H3. The van der Waals surface area contributed by atoms with Crippen LogP contribution in [0.3, 0.4) is 0 Å². The third kappa shape index (κ3) is 7.85. The number of aromatic nitrogens is 2. The smallest absolute Gasteiger partial charge is 0.136 e. The number of rotatable bonds is 8. The van der Waals surface area contributed by atoms with Crippen LogP contribution >= 0.6 is 0 Å². The highest BCUT2D eigenvalue weighted by molar-refractivity contribution is 6.20. The van der Waals surface area contributed by atoms with Crippen LogP contribution in [-0.4, -0.2) is 9.13 Å². The molecule has 0 amide bonds. The Morgan fingerprint density at radius 2 is 0.714 bits per heavy atom. The topological polar surface area (TPSA) is 42.6 Å². The Balaban J connectivity index is 0.841. The Kier molecular flexibility index (Phi) is 11.0. The zero-order chi connectivity index (χ0) is 56.6. The molecule has 0 fully saturated rings. The number of nitrogens with zero attached hydrogens (tertiary/aromatic N) is 4. The van der Waals surface area contributed by atoms with Crippen molar-refractivity contribution in [2.45, 2.75) is 52.4 Å². The van der Waals surface area contributed by atoms with E-state index in [2.05, 4.69) is 315 Å². The van der Waals surface area contributed by atoms with Crippen molar-refractivity contribution in [3.63, 3.8) is 0 Å². The van der Waals surface area contributed by atoms with Crippen molar-refractivity contribution in [1.82, 2.24) is 9.13 Å². The molecule has 12 aromatic carbocycles. The summed E-state index contributed by atoms with van der Waals surface area (Å²) in [6, 6.07) is 92.9. The van der Waals surface area contributed by atoms with Gasteiger partial charge in [-0.05, 0) is 178 Å². The molecule has 0 bridgehead atoms. The van der Waals surface area contributed by atoms with Gasteiger partial charge in [0.05, 0.1) is 33.4 Å². The zero-order valence-corrected chi connectivity index (χ0v) is 47.9. The second-order valence-electron chi connectivity index (χ2n) is 24.6. The minimum absolute atomic E-state index is 0.00470. The molecular formula is C78H60N4O2. The van der Waals surface area contributed by atoms with Gasteiger partial charge in [-0.25, -0.2) is 0 Å². The van der Waals surface area contributed by atoms with Gasteiger partial charge in [0.1, 0.15) is 22.3 Å². The van der Waals surface area contributed by atoms with Gasteiger partial charge in [-0.2, -0.15) is 0 Å². The molecule has 0 atom stereocenters. The van der Waals surface area contributed by atoms with Crippen LogP contribution in [0.1, 0.15) is 52.7 Å². The SMILES string of the molecule is CC(C)(C)c1ccc(-n2c3ccccc3c3c(N(c4ccccc4)c4ccc5oc6cc7cc8oc9ccc(N(c%10ccccc%10)c%10cccc%11c%10c%10ccccc%10n%11-c%10cccc(C(C)(C)C)c%10)cc9c8cc7cc6c5c4)cccc32)cc1. The summed E-state index contributed by atoms with van der Waals surface area (Å²) in [7, 11) is 0. The normalized spacial score (nSPS) is 12.4. The lowest BCUT2D eigenvalue weighted by Crippen LogP contribution is -2.11. The highest BCUT2D eigenvalue weighted by Crippen LogP contribution is 2.48. The van der Waals surface area contributed by atoms with Gasteiger partial charge in [-0.3, -0.25) is 0 Å². The number of furan rings is 2. The molecule has 4 aromatic heterocycles. The summed E-state index contributed by atoms with van der Waals surface area (Å²) in [6.07, 6.45) is 0. The molecule has 0 aliphatic carbocycles. The van der Waals surface area contributed by atoms with Crippen molar-refractivity contribution in [3.05, 3.63) is 266 Å². The fraction of sp³-hybridized carbons (Fsp3) is 0.103. The lowest BCUT2D eigenvalue weighted by atomic mass is 9.87. The fourth-order valence-electron chi connectivity index (χ4n) is 13.2. The van der Waals surface area contributed by atoms with Gasteiger partial charge >= 0.3 is 0 Å². The van der Waals surface area contributed by atoms with Crippen LogP contribution in [0.25, 0.3) is 110 Å². The van der Waals surface area contributed by atoms with E-state index in [1.54, 1.807) is 0 Å². The summed E-state index contributed by atoms with van der Waals surface area (Å²) in [5.74, 6) is 0. The Morgan fingerprint density at radius 3 is 1.21 bits per heavy atom. The molecule has 0 radical (unpaired) electrons. The van der Waals surface area contributed by atoms with Gasteiger partial charge in [0, 0.05) is 77.2 Å². The molecule has 6 nitrogen and oxygen atoms in total. The number of anilines is 6. The maximum Gasteiger partial charge on any atom is 0.136 e. The predicted octanol–water partition coefficient (Wildman–Crippen LogP) is 22.4. The summed E-state index contributed by atoms with van der Waals surface area (Å²) >= 11 is 0. The third-order valence-corrected chi connectivity index (χ3v) is 17.3. The molecule has 0 aliphatic heterocycles. The second kappa shape index (κ2) is 18.6. The molecule has 0 spiro atoms. The van der Waals surface area contributed by atoms with Crippen LogP contribution in [0, 0.1) is 0 Å². The van der Waals surface area contributed by atoms with Crippen LogP contribution in [0.15, 0.2) is 264 Å². The maximum absolute atomic E-state index is 6.76. The number of hydrogen-bond acceptors (Lipinski definition) is 4. The minimum Gasteiger partial charge on any atom is -0.456 e. The fourth-order valence-corrected chi connectivity index (χ4v) is 13.2. The second-order valence-corrected chi connectivity index (χ2v) is 24.6. The maximum atomic E-state index is 6.76. The third-order valence-electron chi connectivity index (χ3n) is 17.3. The Bertz CT molecular complexity index is 5280. The van der Waals surface area contributed by atoms with Gasteiger partial charge < -0.3 is 27.8 Å². The number of benzene rings is 12. The number of fused-ring (bicyclic) bond motifs is 13. The average molecular weight is 1090 g/mol. The van der Waals surface area contributed by atoms with Gasteiger partial charge in [-0.15, -0.1) is 0 Å². The van der Waals surface area contributed by atoms with Crippen molar-refractivity contribution in [1.29, 1.82) is 0 Å². The molecular weight excluding hydrogens is 1020 g/mol. The van der Waals surface area contributed by atoms with Gasteiger partial charge in [-0.1, -0.05) is 151 Å². The highest BCUT2D eigenvalue weighted by atomic mass is 16.3. The van der Waals surface area contributed by atoms with E-state index in [4.69, 9.17) is 8.83 Å². The lowest BCUT2D eigenvalue weighted by Gasteiger charge is -2.26. The van der Waals surface area contributed by atoms with E-state index < -0.39 is 0 Å². The minimum atomic E-state index is 0.00470. The first-order valence-electron chi connectivity index (χ1n) is 29.1. The summed E-state index contributed by atoms with van der Waals surface area (Å²) < 4.78 is 18.4. The molecule has 0 N–H and O–H groups in total. The van der Waals surface area contributed by atoms with E-state index in [1.807, 2.05) is 0 Å². The zero-order valence-electron chi connectivity index (χ0n) is 47.9. The summed E-state index contributed by atoms with van der Waals surface area (Å²) in [5, 5.41) is 11.1. The average Bonchev–Trinajstić information content (AvgIpc) is 2.84. The summed E-state index contributed by atoms with van der Waals surface area (Å²) in [6.45, 7) is 13.6. The van der Waals surface area contributed by atoms with Crippen molar-refractivity contribution in [3.8, 4) is 11.4 Å². The van der Waals surface area contributed by atoms with Crippen LogP contribution < -0.4 is 9.80 Å². The van der Waals surface area contributed by atoms with Crippen molar-refractivity contribution < 1.29 is 8.83 Å². The van der Waals surface area contributed by atoms with Crippen molar-refractivity contribution in [2.24, 2.45) is 0 Å². The number of para-hydroxylation sites is 4. The first kappa shape index (κ1) is 49.5. The molecule has 4 heterocycles. The van der Waals surface area contributed by atoms with E-state index in [0.717, 1.165) is 111 Å². The molecule has 0 saturated heterocycles. The van der Waals surface area contributed by atoms with E-state index in [9.17, 15) is 0 Å². The van der Waals surface area contributed by atoms with E-state index in [-0.39, 0.29) is 10.8 Å². The molecule has 0 aliphatic rings. The number of hydrogen-bond donors (Lipinski definition) is 0. The lowest BCUT2D eigenvalue weighted by molar-refractivity contribution is 0.590. The molecule has 0 unspecified atom stereocenters. The molecule has 16 rings (SSSR count). The molecule has 6 heteroatoms. The molecule has 84 heavy (non-hydrogen) atoms. The Morgan fingerprint density at radius 1 is 0.286 bits per heavy atom. The quantitative estimate of drug-likeness (QED) is 0.152. The van der Waals surface area contributed by atoms with Crippen LogP contribution in [-0.2, 0) is 10.8 Å². The molecule has 16 aromatic rings.